The van der Waals surface area contributed by atoms with E-state index in [9.17, 15) is 0 Å². The first-order valence-corrected chi connectivity index (χ1v) is 6.97. The molecule has 2 aliphatic heterocycles. The number of ether oxygens (including phenoxy) is 2. The summed E-state index contributed by atoms with van der Waals surface area (Å²) in [6.07, 6.45) is 3.72. The molecular formula is C15H21NO2. The first-order chi connectivity index (χ1) is 8.92. The summed E-state index contributed by atoms with van der Waals surface area (Å²) in [5.41, 5.74) is 1.42. The van der Waals surface area contributed by atoms with Gasteiger partial charge in [0.05, 0.1) is 13.2 Å². The SMILES string of the molecule is c1cc(OC2CCOC2)cc(C2CCNCC2)c1. The Morgan fingerprint density at radius 1 is 1.17 bits per heavy atom. The van der Waals surface area contributed by atoms with Gasteiger partial charge in [-0.1, -0.05) is 12.1 Å². The molecule has 0 saturated carbocycles. The normalized spacial score (nSPS) is 25.2. The van der Waals surface area contributed by atoms with Crippen LogP contribution in [0.25, 0.3) is 0 Å². The number of rotatable bonds is 3. The van der Waals surface area contributed by atoms with Crippen molar-refractivity contribution < 1.29 is 9.47 Å². The maximum Gasteiger partial charge on any atom is 0.124 e. The minimum atomic E-state index is 0.244. The van der Waals surface area contributed by atoms with Crippen LogP contribution in [0.1, 0.15) is 30.7 Å². The lowest BCUT2D eigenvalue weighted by molar-refractivity contribution is 0.141. The van der Waals surface area contributed by atoms with Crippen LogP contribution < -0.4 is 10.1 Å². The van der Waals surface area contributed by atoms with Crippen LogP contribution in [0.4, 0.5) is 0 Å². The van der Waals surface area contributed by atoms with E-state index in [0.29, 0.717) is 5.92 Å². The molecule has 2 saturated heterocycles. The zero-order valence-corrected chi connectivity index (χ0v) is 10.7. The van der Waals surface area contributed by atoms with Crippen LogP contribution in [-0.4, -0.2) is 32.4 Å². The lowest BCUT2D eigenvalue weighted by Crippen LogP contribution is -2.26. The molecule has 0 aromatic heterocycles. The summed E-state index contributed by atoms with van der Waals surface area (Å²) in [5, 5.41) is 3.41. The van der Waals surface area contributed by atoms with Crippen molar-refractivity contribution in [2.75, 3.05) is 26.3 Å². The summed E-state index contributed by atoms with van der Waals surface area (Å²) in [7, 11) is 0. The molecule has 1 aromatic carbocycles. The minimum absolute atomic E-state index is 0.244. The van der Waals surface area contributed by atoms with Crippen LogP contribution in [0.3, 0.4) is 0 Å². The van der Waals surface area contributed by atoms with E-state index in [4.69, 9.17) is 9.47 Å². The van der Waals surface area contributed by atoms with Gasteiger partial charge in [-0.05, 0) is 49.5 Å². The van der Waals surface area contributed by atoms with E-state index in [1.54, 1.807) is 0 Å². The van der Waals surface area contributed by atoms with Gasteiger partial charge in [-0.15, -0.1) is 0 Å². The second-order valence-corrected chi connectivity index (χ2v) is 5.20. The molecule has 2 aliphatic rings. The Labute approximate surface area is 108 Å². The molecule has 1 atom stereocenters. The monoisotopic (exact) mass is 247 g/mol. The maximum absolute atomic E-state index is 5.97. The number of hydrogen-bond donors (Lipinski definition) is 1. The summed E-state index contributed by atoms with van der Waals surface area (Å²) in [6.45, 7) is 3.83. The quantitative estimate of drug-likeness (QED) is 0.889. The summed E-state index contributed by atoms with van der Waals surface area (Å²) >= 11 is 0. The van der Waals surface area contributed by atoms with Crippen LogP contribution in [0.15, 0.2) is 24.3 Å². The summed E-state index contributed by atoms with van der Waals surface area (Å²) in [5.74, 6) is 1.69. The Morgan fingerprint density at radius 2 is 2.06 bits per heavy atom. The van der Waals surface area contributed by atoms with Gasteiger partial charge in [0.25, 0.3) is 0 Å². The standard InChI is InChI=1S/C15H21NO2/c1-2-13(12-4-7-16-8-5-12)10-14(3-1)18-15-6-9-17-11-15/h1-3,10,12,15-16H,4-9,11H2. The van der Waals surface area contributed by atoms with Gasteiger partial charge in [0.2, 0.25) is 0 Å². The highest BCUT2D eigenvalue weighted by Crippen LogP contribution is 2.28. The Kier molecular flexibility index (Phi) is 3.81. The molecule has 0 bridgehead atoms. The van der Waals surface area contributed by atoms with Gasteiger partial charge in [-0.2, -0.15) is 0 Å². The molecule has 3 nitrogen and oxygen atoms in total. The largest absolute Gasteiger partial charge is 0.488 e. The molecule has 0 spiro atoms. The van der Waals surface area contributed by atoms with E-state index in [1.807, 2.05) is 0 Å². The smallest absolute Gasteiger partial charge is 0.124 e. The fourth-order valence-electron chi connectivity index (χ4n) is 2.80. The van der Waals surface area contributed by atoms with E-state index in [2.05, 4.69) is 29.6 Å². The van der Waals surface area contributed by atoms with Crippen molar-refractivity contribution in [1.29, 1.82) is 0 Å². The number of hydrogen-bond acceptors (Lipinski definition) is 3. The molecule has 0 aliphatic carbocycles. The predicted molar refractivity (Wildman–Crippen MR) is 71.1 cm³/mol. The molecule has 1 unspecified atom stereocenters. The third kappa shape index (κ3) is 2.85. The van der Waals surface area contributed by atoms with Crippen LogP contribution in [-0.2, 0) is 4.74 Å². The van der Waals surface area contributed by atoms with E-state index in [-0.39, 0.29) is 6.10 Å². The molecule has 98 valence electrons. The van der Waals surface area contributed by atoms with Crippen LogP contribution in [0.5, 0.6) is 5.75 Å². The first kappa shape index (κ1) is 12.0. The third-order valence-corrected chi connectivity index (χ3v) is 3.86. The molecule has 3 rings (SSSR count). The maximum atomic E-state index is 5.97. The zero-order chi connectivity index (χ0) is 12.2. The summed E-state index contributed by atoms with van der Waals surface area (Å²) in [4.78, 5) is 0. The van der Waals surface area contributed by atoms with E-state index in [0.717, 1.165) is 38.5 Å². The van der Waals surface area contributed by atoms with Crippen molar-refractivity contribution >= 4 is 0 Å². The van der Waals surface area contributed by atoms with Crippen molar-refractivity contribution in [3.05, 3.63) is 29.8 Å². The second kappa shape index (κ2) is 5.72. The molecule has 2 fully saturated rings. The Morgan fingerprint density at radius 3 is 2.83 bits per heavy atom. The van der Waals surface area contributed by atoms with Crippen molar-refractivity contribution in [2.45, 2.75) is 31.3 Å². The number of nitrogens with one attached hydrogen (secondary N) is 1. The van der Waals surface area contributed by atoms with Gasteiger partial charge in [0.1, 0.15) is 11.9 Å². The van der Waals surface area contributed by atoms with Crippen LogP contribution in [0.2, 0.25) is 0 Å². The van der Waals surface area contributed by atoms with Gasteiger partial charge in [-0.25, -0.2) is 0 Å². The van der Waals surface area contributed by atoms with Gasteiger partial charge >= 0.3 is 0 Å². The van der Waals surface area contributed by atoms with Crippen LogP contribution >= 0.6 is 0 Å². The summed E-state index contributed by atoms with van der Waals surface area (Å²) in [6, 6.07) is 8.62. The average Bonchev–Trinajstić information content (AvgIpc) is 2.93. The Balaban J connectivity index is 1.67. The highest BCUT2D eigenvalue weighted by Gasteiger charge is 2.19. The number of piperidine rings is 1. The highest BCUT2D eigenvalue weighted by atomic mass is 16.5. The van der Waals surface area contributed by atoms with Crippen molar-refractivity contribution in [1.82, 2.24) is 5.32 Å². The zero-order valence-electron chi connectivity index (χ0n) is 10.7. The molecule has 2 heterocycles. The van der Waals surface area contributed by atoms with Gasteiger partial charge in [0.15, 0.2) is 0 Å². The van der Waals surface area contributed by atoms with E-state index in [1.165, 1.54) is 18.4 Å². The lowest BCUT2D eigenvalue weighted by atomic mass is 9.90. The van der Waals surface area contributed by atoms with Crippen LogP contribution in [0, 0.1) is 0 Å². The Bertz CT molecular complexity index is 382. The second-order valence-electron chi connectivity index (χ2n) is 5.20. The molecule has 1 aromatic rings. The van der Waals surface area contributed by atoms with E-state index < -0.39 is 0 Å². The number of benzene rings is 1. The fraction of sp³-hybridized carbons (Fsp3) is 0.600. The lowest BCUT2D eigenvalue weighted by Gasteiger charge is -2.23. The van der Waals surface area contributed by atoms with Gasteiger partial charge in [-0.3, -0.25) is 0 Å². The topological polar surface area (TPSA) is 30.5 Å². The fourth-order valence-corrected chi connectivity index (χ4v) is 2.80. The van der Waals surface area contributed by atoms with Crippen molar-refractivity contribution in [3.8, 4) is 5.75 Å². The summed E-state index contributed by atoms with van der Waals surface area (Å²) < 4.78 is 11.3. The van der Waals surface area contributed by atoms with Crippen molar-refractivity contribution in [3.63, 3.8) is 0 Å². The van der Waals surface area contributed by atoms with Gasteiger partial charge < -0.3 is 14.8 Å². The average molecular weight is 247 g/mol. The molecule has 3 heteroatoms. The van der Waals surface area contributed by atoms with E-state index >= 15 is 0 Å². The predicted octanol–water partition coefficient (Wildman–Crippen LogP) is 2.32. The van der Waals surface area contributed by atoms with Gasteiger partial charge in [0, 0.05) is 6.42 Å². The molecule has 1 N–H and O–H groups in total. The highest BCUT2D eigenvalue weighted by molar-refractivity contribution is 5.31. The molecule has 0 amide bonds. The van der Waals surface area contributed by atoms with Crippen molar-refractivity contribution in [2.24, 2.45) is 0 Å². The first-order valence-electron chi connectivity index (χ1n) is 6.97. The third-order valence-electron chi connectivity index (χ3n) is 3.86. The molecular weight excluding hydrogens is 226 g/mol. The molecule has 0 radical (unpaired) electrons. The Hall–Kier alpha value is -1.06. The molecule has 18 heavy (non-hydrogen) atoms. The minimum Gasteiger partial charge on any atom is -0.488 e.